The van der Waals surface area contributed by atoms with E-state index in [0.29, 0.717) is 11.4 Å². The maximum atomic E-state index is 12.0. The van der Waals surface area contributed by atoms with Crippen molar-refractivity contribution in [2.75, 3.05) is 5.73 Å². The summed E-state index contributed by atoms with van der Waals surface area (Å²) in [5, 5.41) is 4.07. The molecule has 7 heteroatoms. The molecule has 6 nitrogen and oxygen atoms in total. The van der Waals surface area contributed by atoms with E-state index >= 15 is 0 Å². The Morgan fingerprint density at radius 3 is 2.84 bits per heavy atom. The first-order chi connectivity index (χ1) is 8.99. The summed E-state index contributed by atoms with van der Waals surface area (Å²) in [7, 11) is 1.65. The lowest BCUT2D eigenvalue weighted by Crippen LogP contribution is -2.12. The summed E-state index contributed by atoms with van der Waals surface area (Å²) in [6.45, 7) is 1.87. The molecule has 2 N–H and O–H groups in total. The summed E-state index contributed by atoms with van der Waals surface area (Å²) in [4.78, 5) is 16.0. The van der Waals surface area contributed by atoms with Crippen molar-refractivity contribution in [3.8, 4) is 0 Å². The van der Waals surface area contributed by atoms with Crippen LogP contribution in [0.5, 0.6) is 0 Å². The van der Waals surface area contributed by atoms with Crippen LogP contribution in [-0.4, -0.2) is 20.7 Å². The van der Waals surface area contributed by atoms with Crippen LogP contribution in [0.3, 0.4) is 0 Å². The molecule has 0 saturated carbocycles. The summed E-state index contributed by atoms with van der Waals surface area (Å²) in [5.74, 6) is -0.499. The van der Waals surface area contributed by atoms with Gasteiger partial charge in [-0.25, -0.2) is 4.79 Å². The number of aryl methyl sites for hydroxylation is 2. The van der Waals surface area contributed by atoms with Gasteiger partial charge in [-0.1, -0.05) is 0 Å². The normalized spacial score (nSPS) is 10.5. The zero-order valence-electron chi connectivity index (χ0n) is 10.6. The quantitative estimate of drug-likeness (QED) is 0.871. The van der Waals surface area contributed by atoms with Crippen LogP contribution in [-0.2, 0) is 18.4 Å². The molecule has 100 valence electrons. The fraction of sp³-hybridized carbons (Fsp3) is 0.250. The van der Waals surface area contributed by atoms with Crippen LogP contribution in [0.25, 0.3) is 0 Å². The molecule has 0 aliphatic carbocycles. The van der Waals surface area contributed by atoms with E-state index in [2.05, 4.69) is 26.0 Å². The van der Waals surface area contributed by atoms with Gasteiger partial charge >= 0.3 is 5.97 Å². The van der Waals surface area contributed by atoms with E-state index in [4.69, 9.17) is 10.5 Å². The molecular formula is C12H13BrN4O2. The average Bonchev–Trinajstić information content (AvgIpc) is 2.61. The van der Waals surface area contributed by atoms with E-state index < -0.39 is 5.97 Å². The molecule has 0 aliphatic heterocycles. The average molecular weight is 325 g/mol. The number of ether oxygens (including phenoxy) is 1. The molecule has 2 rings (SSSR count). The Kier molecular flexibility index (Phi) is 3.84. The summed E-state index contributed by atoms with van der Waals surface area (Å²) >= 11 is 3.30. The summed E-state index contributed by atoms with van der Waals surface area (Å²) in [6.07, 6.45) is 3.30. The summed E-state index contributed by atoms with van der Waals surface area (Å²) in [5.41, 5.74) is 7.81. The van der Waals surface area contributed by atoms with E-state index in [1.165, 1.54) is 4.68 Å². The minimum atomic E-state index is -0.499. The van der Waals surface area contributed by atoms with Gasteiger partial charge in [0, 0.05) is 29.5 Å². The predicted octanol–water partition coefficient (Wildman–Crippen LogP) is 1.83. The molecule has 2 aromatic heterocycles. The van der Waals surface area contributed by atoms with Gasteiger partial charge in [0.1, 0.15) is 6.61 Å². The number of rotatable bonds is 3. The largest absolute Gasteiger partial charge is 0.456 e. The highest BCUT2D eigenvalue weighted by Gasteiger charge is 2.19. The minimum absolute atomic E-state index is 0.134. The second kappa shape index (κ2) is 5.40. The van der Waals surface area contributed by atoms with Crippen LogP contribution in [0.15, 0.2) is 22.9 Å². The Morgan fingerprint density at radius 2 is 2.26 bits per heavy atom. The Bertz CT molecular complexity index is 624. The third kappa shape index (κ3) is 2.93. The topological polar surface area (TPSA) is 83.0 Å². The maximum absolute atomic E-state index is 12.0. The lowest BCUT2D eigenvalue weighted by molar-refractivity contribution is 0.0461. The Morgan fingerprint density at radius 1 is 1.53 bits per heavy atom. The molecule has 0 amide bonds. The molecule has 19 heavy (non-hydrogen) atoms. The Labute approximate surface area is 118 Å². The first-order valence-corrected chi connectivity index (χ1v) is 6.34. The van der Waals surface area contributed by atoms with Crippen molar-refractivity contribution in [1.82, 2.24) is 14.8 Å². The second-order valence-corrected chi connectivity index (χ2v) is 4.97. The van der Waals surface area contributed by atoms with Gasteiger partial charge in [0.2, 0.25) is 0 Å². The molecule has 2 heterocycles. The molecule has 2 aromatic rings. The first-order valence-electron chi connectivity index (χ1n) is 5.54. The van der Waals surface area contributed by atoms with Gasteiger partial charge in [-0.3, -0.25) is 9.67 Å². The van der Waals surface area contributed by atoms with Crippen molar-refractivity contribution < 1.29 is 9.53 Å². The zero-order valence-corrected chi connectivity index (χ0v) is 12.1. The van der Waals surface area contributed by atoms with E-state index in [1.54, 1.807) is 26.4 Å². The number of halogens is 1. The minimum Gasteiger partial charge on any atom is -0.456 e. The maximum Gasteiger partial charge on any atom is 0.359 e. The highest BCUT2D eigenvalue weighted by atomic mass is 79.9. The second-order valence-electron chi connectivity index (χ2n) is 4.06. The smallest absolute Gasteiger partial charge is 0.359 e. The number of nitrogens with zero attached hydrogens (tertiary/aromatic N) is 3. The number of nitrogens with two attached hydrogens (primary N) is 1. The fourth-order valence-electron chi connectivity index (χ4n) is 1.67. The number of aromatic nitrogens is 3. The standard InChI is InChI=1S/C12H13BrN4O2/c1-7-10(14)11(17(2)16-7)12(18)19-6-8-3-9(13)5-15-4-8/h3-5H,6,14H2,1-2H3. The number of hydrogen-bond acceptors (Lipinski definition) is 5. The molecule has 0 atom stereocenters. The molecular weight excluding hydrogens is 312 g/mol. The fourth-order valence-corrected chi connectivity index (χ4v) is 2.08. The molecule has 0 bridgehead atoms. The molecule has 0 radical (unpaired) electrons. The predicted molar refractivity (Wildman–Crippen MR) is 73.4 cm³/mol. The molecule has 0 unspecified atom stereocenters. The zero-order chi connectivity index (χ0) is 14.0. The van der Waals surface area contributed by atoms with Crippen LogP contribution >= 0.6 is 15.9 Å². The molecule has 0 saturated heterocycles. The van der Waals surface area contributed by atoms with Crippen LogP contribution in [0.1, 0.15) is 21.7 Å². The van der Waals surface area contributed by atoms with Crippen molar-refractivity contribution in [3.05, 3.63) is 39.9 Å². The number of hydrogen-bond donors (Lipinski definition) is 1. The third-order valence-corrected chi connectivity index (χ3v) is 3.03. The highest BCUT2D eigenvalue weighted by molar-refractivity contribution is 9.10. The monoisotopic (exact) mass is 324 g/mol. The molecule has 0 fully saturated rings. The van der Waals surface area contributed by atoms with Crippen LogP contribution in [0.4, 0.5) is 5.69 Å². The lowest BCUT2D eigenvalue weighted by Gasteiger charge is -2.06. The lowest BCUT2D eigenvalue weighted by atomic mass is 10.3. The van der Waals surface area contributed by atoms with E-state index in [0.717, 1.165) is 10.0 Å². The van der Waals surface area contributed by atoms with Gasteiger partial charge in [-0.2, -0.15) is 5.10 Å². The van der Waals surface area contributed by atoms with Gasteiger partial charge in [-0.15, -0.1) is 0 Å². The van der Waals surface area contributed by atoms with Crippen molar-refractivity contribution in [2.45, 2.75) is 13.5 Å². The van der Waals surface area contributed by atoms with E-state index in [9.17, 15) is 4.79 Å². The Hall–Kier alpha value is -1.89. The van der Waals surface area contributed by atoms with Crippen molar-refractivity contribution in [3.63, 3.8) is 0 Å². The number of carbonyl (C=O) groups excluding carboxylic acids is 1. The summed E-state index contributed by atoms with van der Waals surface area (Å²) < 4.78 is 7.46. The van der Waals surface area contributed by atoms with Crippen LogP contribution in [0, 0.1) is 6.92 Å². The van der Waals surface area contributed by atoms with Crippen LogP contribution in [0.2, 0.25) is 0 Å². The number of anilines is 1. The van der Waals surface area contributed by atoms with Crippen molar-refractivity contribution >= 4 is 27.6 Å². The van der Waals surface area contributed by atoms with Gasteiger partial charge in [-0.05, 0) is 28.9 Å². The van der Waals surface area contributed by atoms with Crippen LogP contribution < -0.4 is 5.73 Å². The first kappa shape index (κ1) is 13.5. The van der Waals surface area contributed by atoms with Crippen molar-refractivity contribution in [1.29, 1.82) is 0 Å². The third-order valence-electron chi connectivity index (χ3n) is 2.59. The van der Waals surface area contributed by atoms with Gasteiger partial charge < -0.3 is 10.5 Å². The number of pyridine rings is 1. The number of esters is 1. The molecule has 0 aliphatic rings. The highest BCUT2D eigenvalue weighted by Crippen LogP contribution is 2.17. The Balaban J connectivity index is 2.10. The van der Waals surface area contributed by atoms with Gasteiger partial charge in [0.05, 0.1) is 11.4 Å². The van der Waals surface area contributed by atoms with E-state index in [-0.39, 0.29) is 12.3 Å². The number of carbonyl (C=O) groups is 1. The van der Waals surface area contributed by atoms with Gasteiger partial charge in [0.25, 0.3) is 0 Å². The van der Waals surface area contributed by atoms with E-state index in [1.807, 2.05) is 6.07 Å². The molecule has 0 spiro atoms. The summed E-state index contributed by atoms with van der Waals surface area (Å²) in [6, 6.07) is 1.83. The SMILES string of the molecule is Cc1nn(C)c(C(=O)OCc2cncc(Br)c2)c1N. The molecule has 0 aromatic carbocycles. The van der Waals surface area contributed by atoms with Crippen molar-refractivity contribution in [2.24, 2.45) is 7.05 Å². The number of nitrogen functional groups attached to an aromatic ring is 1. The van der Waals surface area contributed by atoms with Gasteiger partial charge in [0.15, 0.2) is 5.69 Å².